The summed E-state index contributed by atoms with van der Waals surface area (Å²) in [5.74, 6) is 0.353. The molecule has 2 aliphatic heterocycles. The molecule has 7 nitrogen and oxygen atoms in total. The van der Waals surface area contributed by atoms with Gasteiger partial charge < -0.3 is 15.3 Å². The first-order valence-electron chi connectivity index (χ1n) is 14.0. The van der Waals surface area contributed by atoms with Crippen LogP contribution in [-0.2, 0) is 4.79 Å². The van der Waals surface area contributed by atoms with Gasteiger partial charge in [0.15, 0.2) is 0 Å². The van der Waals surface area contributed by atoms with Crippen molar-refractivity contribution in [1.29, 1.82) is 0 Å². The summed E-state index contributed by atoms with van der Waals surface area (Å²) in [6.07, 6.45) is 4.26. The predicted molar refractivity (Wildman–Crippen MR) is 159 cm³/mol. The van der Waals surface area contributed by atoms with Crippen molar-refractivity contribution < 1.29 is 9.90 Å². The smallest absolute Gasteiger partial charge is 0.246 e. The van der Waals surface area contributed by atoms with Gasteiger partial charge in [-0.2, -0.15) is 16.4 Å². The highest BCUT2D eigenvalue weighted by Crippen LogP contribution is 2.34. The van der Waals surface area contributed by atoms with Crippen LogP contribution < -0.4 is 10.2 Å². The summed E-state index contributed by atoms with van der Waals surface area (Å²) in [6, 6.07) is 16.3. The quantitative estimate of drug-likeness (QED) is 0.264. The lowest BCUT2D eigenvalue weighted by Crippen LogP contribution is -2.41. The maximum atomic E-state index is 13.5. The third-order valence-corrected chi connectivity index (χ3v) is 9.14. The lowest BCUT2D eigenvalue weighted by atomic mass is 9.83. The van der Waals surface area contributed by atoms with E-state index in [0.717, 1.165) is 85.3 Å². The molecule has 3 N–H and O–H groups in total. The number of benzene rings is 2. The average Bonchev–Trinajstić information content (AvgIpc) is 3.72. The lowest BCUT2D eigenvalue weighted by Gasteiger charge is -2.38. The van der Waals surface area contributed by atoms with Crippen molar-refractivity contribution >= 4 is 39.5 Å². The molecule has 4 aromatic rings. The van der Waals surface area contributed by atoms with E-state index < -0.39 is 5.60 Å². The van der Waals surface area contributed by atoms with E-state index in [0.29, 0.717) is 5.92 Å². The second-order valence-electron chi connectivity index (χ2n) is 11.5. The molecular formula is C31H37N5O2S. The van der Waals surface area contributed by atoms with Crippen LogP contribution >= 0.6 is 11.3 Å². The number of likely N-dealkylation sites (tertiary alicyclic amines) is 1. The Morgan fingerprint density at radius 3 is 2.49 bits per heavy atom. The van der Waals surface area contributed by atoms with Crippen LogP contribution in [0, 0.1) is 5.92 Å². The van der Waals surface area contributed by atoms with Gasteiger partial charge in [-0.25, -0.2) is 0 Å². The molecule has 0 aliphatic carbocycles. The number of carbonyl (C=O) groups excluding carboxylic acids is 1. The normalized spacial score (nSPS) is 18.1. The third kappa shape index (κ3) is 5.46. The number of fused-ring (bicyclic) bond motifs is 1. The van der Waals surface area contributed by atoms with Crippen molar-refractivity contribution in [3.05, 3.63) is 64.9 Å². The predicted octanol–water partition coefficient (Wildman–Crippen LogP) is 6.05. The summed E-state index contributed by atoms with van der Waals surface area (Å²) in [6.45, 7) is 7.64. The van der Waals surface area contributed by atoms with Crippen LogP contribution in [-0.4, -0.2) is 57.9 Å². The second-order valence-corrected chi connectivity index (χ2v) is 12.3. The maximum Gasteiger partial charge on any atom is 0.246 e. The summed E-state index contributed by atoms with van der Waals surface area (Å²) < 4.78 is 0. The van der Waals surface area contributed by atoms with E-state index in [4.69, 9.17) is 0 Å². The molecule has 2 aromatic carbocycles. The minimum Gasteiger partial charge on any atom is -0.390 e. The molecule has 2 aliphatic rings. The Kier molecular flexibility index (Phi) is 7.18. The molecule has 1 unspecified atom stereocenters. The average molecular weight is 544 g/mol. The minimum absolute atomic E-state index is 0.0115. The third-order valence-electron chi connectivity index (χ3n) is 8.44. The van der Waals surface area contributed by atoms with Crippen molar-refractivity contribution in [3.8, 4) is 11.3 Å². The molecule has 1 atom stereocenters. The zero-order valence-corrected chi connectivity index (χ0v) is 23.5. The van der Waals surface area contributed by atoms with Gasteiger partial charge in [-0.1, -0.05) is 12.1 Å². The standard InChI is InChI=1S/C31H37N5O2S/c1-31(2,38)23-11-16-35(17-12-23)25-8-5-21(6-9-25)28-26-19-24(7-10-27(26)33-34-28)32-30(37)29(22-13-18-39-20-22)36-14-3-4-15-36/h5-10,13,18-20,23,29,38H,3-4,11-12,14-17H2,1-2H3,(H,32,37)(H,33,34). The molecule has 2 fully saturated rings. The molecule has 0 radical (unpaired) electrons. The first-order chi connectivity index (χ1) is 18.9. The number of H-pyrrole nitrogens is 1. The Morgan fingerprint density at radius 1 is 1.08 bits per heavy atom. The van der Waals surface area contributed by atoms with Crippen LogP contribution in [0.3, 0.4) is 0 Å². The van der Waals surface area contributed by atoms with E-state index in [2.05, 4.69) is 61.0 Å². The van der Waals surface area contributed by atoms with Crippen molar-refractivity contribution in [3.63, 3.8) is 0 Å². The fraction of sp³-hybridized carbons (Fsp3) is 0.419. The zero-order valence-electron chi connectivity index (χ0n) is 22.7. The molecule has 0 saturated carbocycles. The van der Waals surface area contributed by atoms with Gasteiger partial charge in [0.25, 0.3) is 0 Å². The number of hydrogen-bond donors (Lipinski definition) is 3. The second kappa shape index (κ2) is 10.8. The summed E-state index contributed by atoms with van der Waals surface area (Å²) in [4.78, 5) is 18.2. The lowest BCUT2D eigenvalue weighted by molar-refractivity contribution is -0.121. The number of nitrogens with one attached hydrogen (secondary N) is 2. The molecule has 1 amide bonds. The molecule has 0 bridgehead atoms. The van der Waals surface area contributed by atoms with Crippen molar-refractivity contribution in [2.75, 3.05) is 36.4 Å². The number of amides is 1. The molecule has 2 aromatic heterocycles. The highest BCUT2D eigenvalue weighted by molar-refractivity contribution is 7.08. The Labute approximate surface area is 233 Å². The fourth-order valence-electron chi connectivity index (χ4n) is 6.16. The van der Waals surface area contributed by atoms with Gasteiger partial charge in [0.2, 0.25) is 5.91 Å². The highest BCUT2D eigenvalue weighted by atomic mass is 32.1. The number of rotatable bonds is 7. The summed E-state index contributed by atoms with van der Waals surface area (Å²) >= 11 is 1.63. The van der Waals surface area contributed by atoms with Gasteiger partial charge >= 0.3 is 0 Å². The van der Waals surface area contributed by atoms with E-state index in [-0.39, 0.29) is 11.9 Å². The van der Waals surface area contributed by atoms with Crippen molar-refractivity contribution in [2.24, 2.45) is 5.92 Å². The SMILES string of the molecule is CC(C)(O)C1CCN(c2ccc(-c3n[nH]c4ccc(NC(=O)C(c5ccsc5)N5CCCC5)cc34)cc2)CC1. The first-order valence-corrected chi connectivity index (χ1v) is 14.9. The van der Waals surface area contributed by atoms with E-state index in [1.807, 2.05) is 37.4 Å². The molecule has 6 rings (SSSR count). The van der Waals surface area contributed by atoms with Crippen LogP contribution in [0.15, 0.2) is 59.3 Å². The maximum absolute atomic E-state index is 13.5. The van der Waals surface area contributed by atoms with Gasteiger partial charge in [-0.05, 0) is 111 Å². The molecule has 0 spiro atoms. The Hall–Kier alpha value is -3.20. The minimum atomic E-state index is -0.617. The largest absolute Gasteiger partial charge is 0.390 e. The number of thiophene rings is 1. The van der Waals surface area contributed by atoms with E-state index in [1.165, 1.54) is 5.69 Å². The van der Waals surface area contributed by atoms with E-state index in [1.54, 1.807) is 11.3 Å². The summed E-state index contributed by atoms with van der Waals surface area (Å²) in [5.41, 5.74) is 5.27. The van der Waals surface area contributed by atoms with Gasteiger partial charge in [0.1, 0.15) is 6.04 Å². The van der Waals surface area contributed by atoms with Crippen molar-refractivity contribution in [2.45, 2.75) is 51.2 Å². The van der Waals surface area contributed by atoms with Gasteiger partial charge in [0, 0.05) is 35.4 Å². The van der Waals surface area contributed by atoms with E-state index >= 15 is 0 Å². The number of aromatic amines is 1. The van der Waals surface area contributed by atoms with Gasteiger partial charge in [-0.15, -0.1) is 0 Å². The monoisotopic (exact) mass is 543 g/mol. The highest BCUT2D eigenvalue weighted by Gasteiger charge is 2.31. The van der Waals surface area contributed by atoms with Gasteiger partial charge in [0.05, 0.1) is 16.8 Å². The fourth-order valence-corrected chi connectivity index (χ4v) is 6.83. The Bertz CT molecular complexity index is 1410. The zero-order chi connectivity index (χ0) is 27.0. The van der Waals surface area contributed by atoms with Crippen LogP contribution in [0.1, 0.15) is 51.1 Å². The molecular weight excluding hydrogens is 506 g/mol. The first kappa shape index (κ1) is 26.0. The number of nitrogens with zero attached hydrogens (tertiary/aromatic N) is 3. The molecule has 8 heteroatoms. The number of piperidine rings is 1. The summed E-state index contributed by atoms with van der Waals surface area (Å²) in [5, 5.41) is 26.4. The summed E-state index contributed by atoms with van der Waals surface area (Å²) in [7, 11) is 0. The van der Waals surface area contributed by atoms with Crippen LogP contribution in [0.4, 0.5) is 11.4 Å². The molecule has 2 saturated heterocycles. The molecule has 204 valence electrons. The van der Waals surface area contributed by atoms with Gasteiger partial charge in [-0.3, -0.25) is 14.8 Å². The topological polar surface area (TPSA) is 84.5 Å². The number of aromatic nitrogens is 2. The Balaban J connectivity index is 1.19. The van der Waals surface area contributed by atoms with Crippen molar-refractivity contribution in [1.82, 2.24) is 15.1 Å². The number of hydrogen-bond acceptors (Lipinski definition) is 6. The molecule has 39 heavy (non-hydrogen) atoms. The van der Waals surface area contributed by atoms with Crippen LogP contribution in [0.5, 0.6) is 0 Å². The van der Waals surface area contributed by atoms with Crippen LogP contribution in [0.25, 0.3) is 22.2 Å². The number of anilines is 2. The number of aliphatic hydroxyl groups is 1. The number of carbonyl (C=O) groups is 1. The van der Waals surface area contributed by atoms with Crippen LogP contribution in [0.2, 0.25) is 0 Å². The molecule has 4 heterocycles. The van der Waals surface area contributed by atoms with E-state index in [9.17, 15) is 9.90 Å². The Morgan fingerprint density at radius 2 is 1.82 bits per heavy atom.